The van der Waals surface area contributed by atoms with Crippen molar-refractivity contribution in [3.05, 3.63) is 42.2 Å². The highest BCUT2D eigenvalue weighted by molar-refractivity contribution is 5.49. The molecule has 1 atom stereocenters. The first-order valence-electron chi connectivity index (χ1n) is 8.75. The minimum Gasteiger partial charge on any atom is -0.497 e. The van der Waals surface area contributed by atoms with Crippen molar-refractivity contribution in [3.63, 3.8) is 0 Å². The molecule has 1 aromatic heterocycles. The van der Waals surface area contributed by atoms with Crippen LogP contribution < -0.4 is 15.0 Å². The maximum absolute atomic E-state index is 5.19. The largest absolute Gasteiger partial charge is 0.497 e. The molecule has 5 nitrogen and oxygen atoms in total. The highest BCUT2D eigenvalue weighted by atomic mass is 16.5. The van der Waals surface area contributed by atoms with Gasteiger partial charge in [0, 0.05) is 25.2 Å². The molecule has 1 N–H and O–H groups in total. The van der Waals surface area contributed by atoms with Gasteiger partial charge in [0.15, 0.2) is 0 Å². The number of anilines is 2. The molecule has 1 saturated heterocycles. The van der Waals surface area contributed by atoms with Gasteiger partial charge in [-0.25, -0.2) is 9.97 Å². The summed E-state index contributed by atoms with van der Waals surface area (Å²) in [6.07, 6.45) is 6.65. The first kappa shape index (κ1) is 16.6. The number of ether oxygens (including phenoxy) is 1. The summed E-state index contributed by atoms with van der Waals surface area (Å²) >= 11 is 0. The van der Waals surface area contributed by atoms with Crippen LogP contribution in [0, 0.1) is 0 Å². The predicted molar refractivity (Wildman–Crippen MR) is 97.6 cm³/mol. The molecule has 0 radical (unpaired) electrons. The van der Waals surface area contributed by atoms with E-state index in [2.05, 4.69) is 45.3 Å². The van der Waals surface area contributed by atoms with Crippen LogP contribution in [0.3, 0.4) is 0 Å². The Morgan fingerprint density at radius 3 is 2.79 bits per heavy atom. The number of nitrogens with one attached hydrogen (secondary N) is 1. The number of aromatic nitrogens is 2. The summed E-state index contributed by atoms with van der Waals surface area (Å²) in [5.74, 6) is 2.78. The van der Waals surface area contributed by atoms with E-state index in [9.17, 15) is 0 Å². The molecule has 0 bridgehead atoms. The summed E-state index contributed by atoms with van der Waals surface area (Å²) in [6, 6.07) is 10.7. The highest BCUT2D eigenvalue weighted by Gasteiger charge is 2.22. The Morgan fingerprint density at radius 2 is 2.04 bits per heavy atom. The fourth-order valence-electron chi connectivity index (χ4n) is 3.26. The van der Waals surface area contributed by atoms with Crippen LogP contribution in [0.5, 0.6) is 5.75 Å². The molecule has 1 aliphatic rings. The second-order valence-electron chi connectivity index (χ2n) is 6.21. The number of benzene rings is 1. The molecule has 128 valence electrons. The van der Waals surface area contributed by atoms with Crippen LogP contribution in [-0.4, -0.2) is 29.7 Å². The quantitative estimate of drug-likeness (QED) is 0.873. The van der Waals surface area contributed by atoms with Crippen molar-refractivity contribution in [1.82, 2.24) is 9.97 Å². The molecular weight excluding hydrogens is 300 g/mol. The number of hydrogen-bond acceptors (Lipinski definition) is 5. The lowest BCUT2D eigenvalue weighted by Gasteiger charge is -2.36. The van der Waals surface area contributed by atoms with Crippen molar-refractivity contribution in [2.24, 2.45) is 0 Å². The minimum absolute atomic E-state index is 0.600. The Hall–Kier alpha value is -2.30. The van der Waals surface area contributed by atoms with Gasteiger partial charge in [0.05, 0.1) is 7.11 Å². The number of rotatable bonds is 6. The molecule has 0 saturated carbocycles. The Morgan fingerprint density at radius 1 is 1.21 bits per heavy atom. The van der Waals surface area contributed by atoms with Gasteiger partial charge >= 0.3 is 0 Å². The lowest BCUT2D eigenvalue weighted by molar-refractivity contribution is 0.414. The van der Waals surface area contributed by atoms with Crippen molar-refractivity contribution >= 4 is 11.6 Å². The number of nitrogens with zero attached hydrogens (tertiary/aromatic N) is 3. The van der Waals surface area contributed by atoms with Crippen LogP contribution in [0.25, 0.3) is 0 Å². The zero-order chi connectivity index (χ0) is 16.8. The second-order valence-corrected chi connectivity index (χ2v) is 6.21. The van der Waals surface area contributed by atoms with Crippen LogP contribution in [0.4, 0.5) is 11.6 Å². The first-order valence-corrected chi connectivity index (χ1v) is 8.75. The van der Waals surface area contributed by atoms with E-state index < -0.39 is 0 Å². The second kappa shape index (κ2) is 7.99. The molecule has 0 spiro atoms. The lowest BCUT2D eigenvalue weighted by Crippen LogP contribution is -2.39. The third-order valence-corrected chi connectivity index (χ3v) is 4.68. The summed E-state index contributed by atoms with van der Waals surface area (Å²) in [7, 11) is 1.68. The van der Waals surface area contributed by atoms with Crippen molar-refractivity contribution in [1.29, 1.82) is 0 Å². The number of piperidine rings is 1. The molecular formula is C19H26N4O. The molecule has 24 heavy (non-hydrogen) atoms. The van der Waals surface area contributed by atoms with Crippen LogP contribution in [-0.2, 0) is 6.54 Å². The molecule has 0 aliphatic carbocycles. The van der Waals surface area contributed by atoms with Crippen LogP contribution >= 0.6 is 0 Å². The Bertz CT molecular complexity index is 644. The van der Waals surface area contributed by atoms with E-state index in [0.717, 1.165) is 30.5 Å². The van der Waals surface area contributed by atoms with Crippen molar-refractivity contribution in [3.8, 4) is 5.75 Å². The molecule has 1 unspecified atom stereocenters. The monoisotopic (exact) mass is 326 g/mol. The molecule has 5 heteroatoms. The molecule has 1 aliphatic heterocycles. The van der Waals surface area contributed by atoms with Gasteiger partial charge in [-0.15, -0.1) is 0 Å². The van der Waals surface area contributed by atoms with E-state index in [-0.39, 0.29) is 0 Å². The first-order chi connectivity index (χ1) is 11.8. The molecule has 2 heterocycles. The third kappa shape index (κ3) is 3.96. The maximum Gasteiger partial charge on any atom is 0.134 e. The smallest absolute Gasteiger partial charge is 0.134 e. The van der Waals surface area contributed by atoms with Crippen LogP contribution in [0.15, 0.2) is 36.7 Å². The van der Waals surface area contributed by atoms with Crippen LogP contribution in [0.2, 0.25) is 0 Å². The van der Waals surface area contributed by atoms with Gasteiger partial charge in [-0.05, 0) is 43.4 Å². The summed E-state index contributed by atoms with van der Waals surface area (Å²) in [5, 5.41) is 3.39. The normalized spacial score (nSPS) is 17.6. The molecule has 1 fully saturated rings. The van der Waals surface area contributed by atoms with E-state index in [4.69, 9.17) is 4.74 Å². The van der Waals surface area contributed by atoms with Gasteiger partial charge in [-0.1, -0.05) is 19.1 Å². The minimum atomic E-state index is 0.600. The number of methoxy groups -OCH3 is 1. The average molecular weight is 326 g/mol. The van der Waals surface area contributed by atoms with E-state index in [0.29, 0.717) is 6.04 Å². The zero-order valence-corrected chi connectivity index (χ0v) is 14.5. The summed E-state index contributed by atoms with van der Waals surface area (Å²) in [6.45, 7) is 4.08. The molecule has 1 aromatic carbocycles. The van der Waals surface area contributed by atoms with Gasteiger partial charge in [0.1, 0.15) is 23.7 Å². The van der Waals surface area contributed by atoms with Crippen molar-refractivity contribution in [2.45, 2.75) is 45.2 Å². The van der Waals surface area contributed by atoms with Gasteiger partial charge in [-0.2, -0.15) is 0 Å². The number of hydrogen-bond donors (Lipinski definition) is 1. The molecule has 3 rings (SSSR count). The Kier molecular flexibility index (Phi) is 5.51. The summed E-state index contributed by atoms with van der Waals surface area (Å²) in [4.78, 5) is 11.3. The van der Waals surface area contributed by atoms with E-state index in [1.807, 2.05) is 12.1 Å². The van der Waals surface area contributed by atoms with Gasteiger partial charge in [0.25, 0.3) is 0 Å². The molecule has 0 amide bonds. The van der Waals surface area contributed by atoms with E-state index >= 15 is 0 Å². The Balaban J connectivity index is 1.66. The van der Waals surface area contributed by atoms with Gasteiger partial charge < -0.3 is 15.0 Å². The standard InChI is InChI=1S/C19H26N4O/c1-3-16-6-4-5-11-23(16)19-12-18(21-14-22-19)20-13-15-7-9-17(24-2)10-8-15/h7-10,12,14,16H,3-6,11,13H2,1-2H3,(H,20,21,22). The van der Waals surface area contributed by atoms with Gasteiger partial charge in [0.2, 0.25) is 0 Å². The zero-order valence-electron chi connectivity index (χ0n) is 14.5. The fraction of sp³-hybridized carbons (Fsp3) is 0.474. The summed E-state index contributed by atoms with van der Waals surface area (Å²) in [5.41, 5.74) is 1.19. The fourth-order valence-corrected chi connectivity index (χ4v) is 3.26. The Labute approximate surface area is 144 Å². The average Bonchev–Trinajstić information content (AvgIpc) is 2.67. The maximum atomic E-state index is 5.19. The van der Waals surface area contributed by atoms with Gasteiger partial charge in [-0.3, -0.25) is 0 Å². The highest BCUT2D eigenvalue weighted by Crippen LogP contribution is 2.26. The van der Waals surface area contributed by atoms with Crippen LogP contribution in [0.1, 0.15) is 38.2 Å². The topological polar surface area (TPSA) is 50.3 Å². The van der Waals surface area contributed by atoms with Crippen molar-refractivity contribution in [2.75, 3.05) is 23.9 Å². The summed E-state index contributed by atoms with van der Waals surface area (Å²) < 4.78 is 5.19. The SMILES string of the molecule is CCC1CCCCN1c1cc(NCc2ccc(OC)cc2)ncn1. The van der Waals surface area contributed by atoms with Crippen molar-refractivity contribution < 1.29 is 4.74 Å². The predicted octanol–water partition coefficient (Wildman–Crippen LogP) is 3.87. The lowest BCUT2D eigenvalue weighted by atomic mass is 10.0. The van der Waals surface area contributed by atoms with E-state index in [1.165, 1.54) is 31.2 Å². The van der Waals surface area contributed by atoms with E-state index in [1.54, 1.807) is 13.4 Å². The molecule has 2 aromatic rings. The third-order valence-electron chi connectivity index (χ3n) is 4.68.